The van der Waals surface area contributed by atoms with Gasteiger partial charge in [-0.25, -0.2) is 8.42 Å². The second kappa shape index (κ2) is 8.82. The highest BCUT2D eigenvalue weighted by Crippen LogP contribution is 2.18. The molecule has 4 nitrogen and oxygen atoms in total. The predicted molar refractivity (Wildman–Crippen MR) is 124 cm³/mol. The van der Waals surface area contributed by atoms with Crippen LogP contribution < -0.4 is 0 Å². The van der Waals surface area contributed by atoms with Crippen LogP contribution in [0.2, 0.25) is 0 Å². The molecular weight excluding hydrogens is 408 g/mol. The summed E-state index contributed by atoms with van der Waals surface area (Å²) in [6.07, 6.45) is -0.185. The van der Waals surface area contributed by atoms with Gasteiger partial charge < -0.3 is 0 Å². The van der Waals surface area contributed by atoms with E-state index in [1.54, 1.807) is 24.3 Å². The Labute approximate surface area is 181 Å². The van der Waals surface area contributed by atoms with Crippen molar-refractivity contribution in [3.05, 3.63) is 96.1 Å². The third-order valence-electron chi connectivity index (χ3n) is 5.42. The summed E-state index contributed by atoms with van der Waals surface area (Å²) in [6.45, 7) is 0. The molecule has 4 rings (SSSR count). The molecule has 31 heavy (non-hydrogen) atoms. The second-order valence-electron chi connectivity index (χ2n) is 7.62. The third-order valence-corrected chi connectivity index (χ3v) is 7.08. The number of fused-ring (bicyclic) bond motifs is 2. The molecule has 0 saturated carbocycles. The average Bonchev–Trinajstić information content (AvgIpc) is 2.80. The van der Waals surface area contributed by atoms with Crippen LogP contribution in [0, 0.1) is 0 Å². The Morgan fingerprint density at radius 1 is 0.548 bits per heavy atom. The molecule has 0 aliphatic heterocycles. The van der Waals surface area contributed by atoms with Gasteiger partial charge in [-0.1, -0.05) is 72.8 Å². The maximum Gasteiger partial charge on any atom is 0.163 e. The smallest absolute Gasteiger partial charge is 0.163 e. The molecular formula is C26H22O4S. The van der Waals surface area contributed by atoms with E-state index in [4.69, 9.17) is 0 Å². The molecule has 0 bridgehead atoms. The van der Waals surface area contributed by atoms with E-state index in [2.05, 4.69) is 0 Å². The van der Waals surface area contributed by atoms with Gasteiger partial charge in [-0.05, 0) is 33.7 Å². The van der Waals surface area contributed by atoms with Gasteiger partial charge in [0.15, 0.2) is 21.4 Å². The summed E-state index contributed by atoms with van der Waals surface area (Å²) in [7, 11) is -3.51. The Morgan fingerprint density at radius 3 is 1.35 bits per heavy atom. The van der Waals surface area contributed by atoms with Gasteiger partial charge in [-0.15, -0.1) is 0 Å². The maximum absolute atomic E-state index is 12.5. The van der Waals surface area contributed by atoms with Gasteiger partial charge in [0.25, 0.3) is 0 Å². The quantitative estimate of drug-likeness (QED) is 0.358. The van der Waals surface area contributed by atoms with Crippen LogP contribution >= 0.6 is 0 Å². The number of carbonyl (C=O) groups excluding carboxylic acids is 2. The van der Waals surface area contributed by atoms with Crippen molar-refractivity contribution in [1.82, 2.24) is 0 Å². The minimum Gasteiger partial charge on any atom is -0.294 e. The van der Waals surface area contributed by atoms with E-state index in [1.807, 2.05) is 60.7 Å². The zero-order chi connectivity index (χ0) is 21.8. The Balaban J connectivity index is 1.35. The van der Waals surface area contributed by atoms with Crippen molar-refractivity contribution in [2.45, 2.75) is 12.8 Å². The summed E-state index contributed by atoms with van der Waals surface area (Å²) < 4.78 is 24.8. The molecule has 0 aromatic heterocycles. The monoisotopic (exact) mass is 430 g/mol. The Kier molecular flexibility index (Phi) is 5.96. The largest absolute Gasteiger partial charge is 0.294 e. The first-order valence-electron chi connectivity index (χ1n) is 10.2. The lowest BCUT2D eigenvalue weighted by atomic mass is 10.0. The highest BCUT2D eigenvalue weighted by molar-refractivity contribution is 7.91. The van der Waals surface area contributed by atoms with Crippen LogP contribution in [-0.4, -0.2) is 31.5 Å². The first-order valence-corrected chi connectivity index (χ1v) is 12.0. The second-order valence-corrected chi connectivity index (χ2v) is 9.93. The first-order chi connectivity index (χ1) is 14.9. The number of hydrogen-bond acceptors (Lipinski definition) is 4. The van der Waals surface area contributed by atoms with Crippen molar-refractivity contribution in [3.63, 3.8) is 0 Å². The molecule has 0 radical (unpaired) electrons. The molecule has 0 saturated heterocycles. The first kappa shape index (κ1) is 20.9. The highest BCUT2D eigenvalue weighted by Gasteiger charge is 2.18. The third kappa shape index (κ3) is 5.06. The highest BCUT2D eigenvalue weighted by atomic mass is 32.2. The molecule has 5 heteroatoms. The molecule has 0 fully saturated rings. The van der Waals surface area contributed by atoms with E-state index in [0.717, 1.165) is 21.5 Å². The van der Waals surface area contributed by atoms with Gasteiger partial charge >= 0.3 is 0 Å². The molecule has 0 heterocycles. The molecule has 0 N–H and O–H groups in total. The summed E-state index contributed by atoms with van der Waals surface area (Å²) in [4.78, 5) is 25.0. The van der Waals surface area contributed by atoms with E-state index < -0.39 is 9.84 Å². The molecule has 0 amide bonds. The number of carbonyl (C=O) groups is 2. The number of benzene rings is 4. The van der Waals surface area contributed by atoms with Crippen molar-refractivity contribution < 1.29 is 18.0 Å². The summed E-state index contributed by atoms with van der Waals surface area (Å²) in [6, 6.07) is 26.1. The van der Waals surface area contributed by atoms with E-state index in [1.165, 1.54) is 0 Å². The lowest BCUT2D eigenvalue weighted by Gasteiger charge is -2.06. The van der Waals surface area contributed by atoms with Gasteiger partial charge in [0.2, 0.25) is 0 Å². The zero-order valence-electron chi connectivity index (χ0n) is 17.0. The van der Waals surface area contributed by atoms with Crippen LogP contribution in [0.4, 0.5) is 0 Å². The molecule has 4 aromatic carbocycles. The number of hydrogen-bond donors (Lipinski definition) is 0. The lowest BCUT2D eigenvalue weighted by Crippen LogP contribution is -2.17. The zero-order valence-corrected chi connectivity index (χ0v) is 17.8. The standard InChI is InChI=1S/C26H22O4S/c27-25(23-11-9-19-5-1-3-7-21(19)17-23)13-15-31(29,30)16-14-26(28)24-12-10-20-6-2-4-8-22(20)18-24/h1-12,17-18H,13-16H2. The topological polar surface area (TPSA) is 68.3 Å². The van der Waals surface area contributed by atoms with Gasteiger partial charge in [-0.3, -0.25) is 9.59 Å². The van der Waals surface area contributed by atoms with E-state index in [-0.39, 0.29) is 35.9 Å². The predicted octanol–water partition coefficient (Wildman–Crippen LogP) is 5.25. The van der Waals surface area contributed by atoms with Crippen molar-refractivity contribution in [1.29, 1.82) is 0 Å². The van der Waals surface area contributed by atoms with Crippen LogP contribution in [0.3, 0.4) is 0 Å². The van der Waals surface area contributed by atoms with Gasteiger partial charge in [0, 0.05) is 24.0 Å². The van der Waals surface area contributed by atoms with E-state index in [0.29, 0.717) is 11.1 Å². The van der Waals surface area contributed by atoms with Crippen LogP contribution in [0.1, 0.15) is 33.6 Å². The fourth-order valence-corrected chi connectivity index (χ4v) is 4.81. The molecule has 156 valence electrons. The van der Waals surface area contributed by atoms with Gasteiger partial charge in [0.05, 0.1) is 11.5 Å². The molecule has 4 aromatic rings. The average molecular weight is 431 g/mol. The normalized spacial score (nSPS) is 11.6. The van der Waals surface area contributed by atoms with Crippen molar-refractivity contribution in [2.24, 2.45) is 0 Å². The lowest BCUT2D eigenvalue weighted by molar-refractivity contribution is 0.0983. The van der Waals surface area contributed by atoms with Crippen LogP contribution in [0.5, 0.6) is 0 Å². The van der Waals surface area contributed by atoms with E-state index in [9.17, 15) is 18.0 Å². The summed E-state index contributed by atoms with van der Waals surface area (Å²) >= 11 is 0. The van der Waals surface area contributed by atoms with Crippen LogP contribution in [-0.2, 0) is 9.84 Å². The fraction of sp³-hybridized carbons (Fsp3) is 0.154. The number of Topliss-reactive ketones (excluding diaryl/α,β-unsaturated/α-hetero) is 2. The summed E-state index contributed by atoms with van der Waals surface area (Å²) in [5.41, 5.74) is 1.00. The summed E-state index contributed by atoms with van der Waals surface area (Å²) in [5.74, 6) is -0.946. The van der Waals surface area contributed by atoms with Crippen LogP contribution in [0.25, 0.3) is 21.5 Å². The van der Waals surface area contributed by atoms with Gasteiger partial charge in [-0.2, -0.15) is 0 Å². The molecule has 0 unspecified atom stereocenters. The molecule has 0 atom stereocenters. The number of sulfone groups is 1. The minimum absolute atomic E-state index is 0.0924. The molecule has 0 spiro atoms. The molecule has 0 aliphatic carbocycles. The van der Waals surface area contributed by atoms with Crippen molar-refractivity contribution in [2.75, 3.05) is 11.5 Å². The Bertz CT molecular complexity index is 1290. The Hall–Kier alpha value is -3.31. The fourth-order valence-electron chi connectivity index (χ4n) is 3.61. The minimum atomic E-state index is -3.51. The Morgan fingerprint density at radius 2 is 0.935 bits per heavy atom. The number of ketones is 2. The maximum atomic E-state index is 12.5. The van der Waals surface area contributed by atoms with Gasteiger partial charge in [0.1, 0.15) is 0 Å². The SMILES string of the molecule is O=C(CCS(=O)(=O)CCC(=O)c1ccc2ccccc2c1)c1ccc2ccccc2c1. The summed E-state index contributed by atoms with van der Waals surface area (Å²) in [5, 5.41) is 3.94. The van der Waals surface area contributed by atoms with Crippen molar-refractivity contribution >= 4 is 42.9 Å². The van der Waals surface area contributed by atoms with E-state index >= 15 is 0 Å². The number of rotatable bonds is 8. The van der Waals surface area contributed by atoms with Crippen LogP contribution in [0.15, 0.2) is 84.9 Å². The van der Waals surface area contributed by atoms with Crippen molar-refractivity contribution in [3.8, 4) is 0 Å². The molecule has 0 aliphatic rings.